The highest BCUT2D eigenvalue weighted by Gasteiger charge is 2.56. The minimum absolute atomic E-state index is 0.112. The van der Waals surface area contributed by atoms with Crippen molar-refractivity contribution in [2.24, 2.45) is 5.92 Å². The van der Waals surface area contributed by atoms with Gasteiger partial charge in [0.15, 0.2) is 5.13 Å². The quantitative estimate of drug-likeness (QED) is 0.386. The number of hydrogen-bond acceptors (Lipinski definition) is 7. The van der Waals surface area contributed by atoms with Gasteiger partial charge < -0.3 is 0 Å². The molecule has 3 atom stereocenters. The molecule has 38 heavy (non-hydrogen) atoms. The van der Waals surface area contributed by atoms with Crippen LogP contribution >= 0.6 is 11.3 Å². The van der Waals surface area contributed by atoms with Gasteiger partial charge in [-0.3, -0.25) is 14.0 Å². The van der Waals surface area contributed by atoms with Crippen LogP contribution in [-0.2, 0) is 25.0 Å². The average Bonchev–Trinajstić information content (AvgIpc) is 3.51. The lowest BCUT2D eigenvalue weighted by Gasteiger charge is -2.29. The summed E-state index contributed by atoms with van der Waals surface area (Å²) in [6, 6.07) is 5.27. The largest absolute Gasteiger partial charge is 0.283 e. The van der Waals surface area contributed by atoms with Gasteiger partial charge in [0.2, 0.25) is 15.9 Å². The molecule has 2 aliphatic heterocycles. The summed E-state index contributed by atoms with van der Waals surface area (Å²) >= 11 is 1.33. The van der Waals surface area contributed by atoms with Crippen LogP contribution in [0.3, 0.4) is 0 Å². The third kappa shape index (κ3) is 5.39. The topological polar surface area (TPSA) is 111 Å². The van der Waals surface area contributed by atoms with E-state index in [1.54, 1.807) is 44.1 Å². The summed E-state index contributed by atoms with van der Waals surface area (Å²) in [5.74, 6) is -0.512. The first kappa shape index (κ1) is 29.4. The molecule has 1 aromatic carbocycles. The van der Waals surface area contributed by atoms with E-state index in [0.29, 0.717) is 48.3 Å². The van der Waals surface area contributed by atoms with Gasteiger partial charge in [0.25, 0.3) is 10.2 Å². The molecule has 4 rings (SSSR count). The molecule has 2 aliphatic rings. The van der Waals surface area contributed by atoms with Gasteiger partial charge in [0.05, 0.1) is 39.7 Å². The van der Waals surface area contributed by atoms with Gasteiger partial charge >= 0.3 is 0 Å². The number of benzene rings is 1. The molecule has 3 heterocycles. The highest BCUT2D eigenvalue weighted by Crippen LogP contribution is 2.43. The molecule has 1 aromatic heterocycles. The molecular formula is C24H39N5O5S3Si. The molecule has 1 amide bonds. The van der Waals surface area contributed by atoms with Gasteiger partial charge in [0, 0.05) is 35.3 Å². The van der Waals surface area contributed by atoms with Crippen LogP contribution < -0.4 is 9.21 Å². The van der Waals surface area contributed by atoms with Gasteiger partial charge in [-0.05, 0) is 37.1 Å². The third-order valence-corrected chi connectivity index (χ3v) is 14.4. The Labute approximate surface area is 231 Å². The minimum atomic E-state index is -3.67. The Morgan fingerprint density at radius 3 is 2.47 bits per heavy atom. The first-order chi connectivity index (χ1) is 17.6. The van der Waals surface area contributed by atoms with E-state index in [4.69, 9.17) is 4.98 Å². The second kappa shape index (κ2) is 10.4. The second-order valence-electron chi connectivity index (χ2n) is 11.5. The predicted octanol–water partition coefficient (Wildman–Crippen LogP) is 3.41. The van der Waals surface area contributed by atoms with Crippen molar-refractivity contribution in [3.63, 3.8) is 0 Å². The SMILES string of the molecule is CCCN(C)S(=O)(=O)N1CC[C@H]2[C@H]1[C@H](C)C(=O)N2c1nc2ccc(N(C)S(=O)(=O)CC[Si](C)(C)C)cc2s1. The van der Waals surface area contributed by atoms with Crippen molar-refractivity contribution in [1.82, 2.24) is 13.6 Å². The monoisotopic (exact) mass is 601 g/mol. The maximum atomic E-state index is 13.4. The maximum absolute atomic E-state index is 13.4. The van der Waals surface area contributed by atoms with E-state index in [9.17, 15) is 21.6 Å². The number of sulfonamides is 1. The summed E-state index contributed by atoms with van der Waals surface area (Å²) < 4.78 is 57.4. The fraction of sp³-hybridized carbons (Fsp3) is 0.667. The molecule has 0 spiro atoms. The van der Waals surface area contributed by atoms with Crippen molar-refractivity contribution in [3.8, 4) is 0 Å². The molecule has 0 unspecified atom stereocenters. The number of carbonyl (C=O) groups excluding carboxylic acids is 1. The Hall–Kier alpha value is -1.58. The van der Waals surface area contributed by atoms with Crippen LogP contribution in [0.4, 0.5) is 10.8 Å². The van der Waals surface area contributed by atoms with Gasteiger partial charge in [-0.1, -0.05) is 44.8 Å². The molecule has 0 saturated carbocycles. The van der Waals surface area contributed by atoms with E-state index in [1.807, 2.05) is 6.92 Å². The number of fused-ring (bicyclic) bond motifs is 2. The van der Waals surface area contributed by atoms with Gasteiger partial charge in [-0.15, -0.1) is 0 Å². The zero-order valence-corrected chi connectivity index (χ0v) is 26.7. The summed E-state index contributed by atoms with van der Waals surface area (Å²) in [4.78, 5) is 19.8. The van der Waals surface area contributed by atoms with Crippen LogP contribution in [0.2, 0.25) is 25.7 Å². The van der Waals surface area contributed by atoms with Crippen LogP contribution in [0.25, 0.3) is 10.2 Å². The number of nitrogens with zero attached hydrogens (tertiary/aromatic N) is 5. The van der Waals surface area contributed by atoms with E-state index in [0.717, 1.165) is 4.70 Å². The first-order valence-electron chi connectivity index (χ1n) is 13.0. The summed E-state index contributed by atoms with van der Waals surface area (Å²) in [7, 11) is -5.50. The van der Waals surface area contributed by atoms with Gasteiger partial charge in [-0.25, -0.2) is 13.4 Å². The Balaban J connectivity index is 1.61. The van der Waals surface area contributed by atoms with E-state index in [-0.39, 0.29) is 17.7 Å². The third-order valence-electron chi connectivity index (χ3n) is 7.53. The van der Waals surface area contributed by atoms with Crippen LogP contribution in [0.1, 0.15) is 26.7 Å². The smallest absolute Gasteiger partial charge is 0.282 e. The standard InChI is InChI=1S/C24H39N5O5S3Si/c1-8-12-26(3)37(33,34)28-13-11-20-22(28)17(2)23(30)29(20)24-25-19-10-9-18(16-21(19)35-24)27(4)36(31,32)14-15-38(5,6)7/h9-10,16-17,20,22H,8,11-15H2,1-7H3/t17-,20-,22+/m0/s1. The zero-order chi connectivity index (χ0) is 28.2. The van der Waals surface area contributed by atoms with Crippen molar-refractivity contribution in [3.05, 3.63) is 18.2 Å². The van der Waals surface area contributed by atoms with Crippen LogP contribution in [0.5, 0.6) is 0 Å². The van der Waals surface area contributed by atoms with Crippen molar-refractivity contribution in [2.75, 3.05) is 42.1 Å². The maximum Gasteiger partial charge on any atom is 0.282 e. The minimum Gasteiger partial charge on any atom is -0.283 e. The van der Waals surface area contributed by atoms with Crippen molar-refractivity contribution in [2.45, 2.75) is 64.5 Å². The Morgan fingerprint density at radius 1 is 1.16 bits per heavy atom. The van der Waals surface area contributed by atoms with Crippen molar-refractivity contribution < 1.29 is 21.6 Å². The average molecular weight is 602 g/mol. The van der Waals surface area contributed by atoms with Crippen LogP contribution in [0, 0.1) is 5.92 Å². The number of hydrogen-bond donors (Lipinski definition) is 0. The normalized spacial score (nSPS) is 23.1. The molecule has 0 radical (unpaired) electrons. The molecular weight excluding hydrogens is 563 g/mol. The molecule has 0 N–H and O–H groups in total. The lowest BCUT2D eigenvalue weighted by atomic mass is 10.0. The number of thiazole rings is 1. The summed E-state index contributed by atoms with van der Waals surface area (Å²) in [6.45, 7) is 11.0. The molecule has 0 bridgehead atoms. The molecule has 14 heteroatoms. The van der Waals surface area contributed by atoms with E-state index >= 15 is 0 Å². The molecule has 2 aromatic rings. The Bertz CT molecular complexity index is 1420. The number of aromatic nitrogens is 1. The molecule has 2 fully saturated rings. The van der Waals surface area contributed by atoms with Gasteiger partial charge in [0.1, 0.15) is 0 Å². The second-order valence-corrected chi connectivity index (χ2v) is 22.3. The lowest BCUT2D eigenvalue weighted by Crippen LogP contribution is -2.48. The number of anilines is 2. The predicted molar refractivity (Wildman–Crippen MR) is 157 cm³/mol. The number of amides is 1. The zero-order valence-electron chi connectivity index (χ0n) is 23.2. The Morgan fingerprint density at radius 2 is 1.84 bits per heavy atom. The number of carbonyl (C=O) groups is 1. The molecule has 212 valence electrons. The van der Waals surface area contributed by atoms with Crippen molar-refractivity contribution in [1.29, 1.82) is 0 Å². The summed E-state index contributed by atoms with van der Waals surface area (Å²) in [5, 5.41) is 0.520. The fourth-order valence-electron chi connectivity index (χ4n) is 5.21. The van der Waals surface area contributed by atoms with E-state index in [1.165, 1.54) is 24.3 Å². The Kier molecular flexibility index (Phi) is 8.07. The summed E-state index contributed by atoms with van der Waals surface area (Å²) in [6.07, 6.45) is 1.25. The van der Waals surface area contributed by atoms with Gasteiger partial charge in [-0.2, -0.15) is 17.0 Å². The van der Waals surface area contributed by atoms with E-state index < -0.39 is 40.3 Å². The molecule has 0 aliphatic carbocycles. The first-order valence-corrected chi connectivity index (χ1v) is 20.5. The van der Waals surface area contributed by atoms with Crippen LogP contribution in [0.15, 0.2) is 18.2 Å². The molecule has 2 saturated heterocycles. The van der Waals surface area contributed by atoms with Crippen molar-refractivity contribution >= 4 is 66.6 Å². The fourth-order valence-corrected chi connectivity index (χ4v) is 12.2. The highest BCUT2D eigenvalue weighted by molar-refractivity contribution is 7.92. The highest BCUT2D eigenvalue weighted by atomic mass is 32.2. The van der Waals surface area contributed by atoms with E-state index in [2.05, 4.69) is 19.6 Å². The van der Waals surface area contributed by atoms with Crippen LogP contribution in [-0.4, -0.2) is 89.4 Å². The molecule has 10 nitrogen and oxygen atoms in total. The number of rotatable bonds is 10. The summed E-state index contributed by atoms with van der Waals surface area (Å²) in [5.41, 5.74) is 1.23. The lowest BCUT2D eigenvalue weighted by molar-refractivity contribution is -0.120.